The summed E-state index contributed by atoms with van der Waals surface area (Å²) in [5, 5.41) is 10.8. The fourth-order valence-electron chi connectivity index (χ4n) is 1.41. The van der Waals surface area contributed by atoms with E-state index in [0.717, 1.165) is 18.2 Å². The van der Waals surface area contributed by atoms with Crippen molar-refractivity contribution in [1.29, 1.82) is 0 Å². The number of halogens is 1. The summed E-state index contributed by atoms with van der Waals surface area (Å²) in [7, 11) is 0. The Kier molecular flexibility index (Phi) is 3.28. The molecule has 2 N–H and O–H groups in total. The van der Waals surface area contributed by atoms with Crippen LogP contribution >= 0.6 is 0 Å². The largest absolute Gasteiger partial charge is 0.323 e. The molecule has 1 rings (SSSR count). The average Bonchev–Trinajstić information content (AvgIpc) is 2.14. The van der Waals surface area contributed by atoms with Crippen molar-refractivity contribution < 1.29 is 9.31 Å². The molecule has 0 unspecified atom stereocenters. The maximum atomic E-state index is 13.1. The lowest BCUT2D eigenvalue weighted by Crippen LogP contribution is -2.27. The van der Waals surface area contributed by atoms with Crippen LogP contribution in [0.25, 0.3) is 0 Å². The van der Waals surface area contributed by atoms with E-state index in [2.05, 4.69) is 0 Å². The third kappa shape index (κ3) is 2.55. The van der Waals surface area contributed by atoms with Crippen molar-refractivity contribution in [2.45, 2.75) is 26.8 Å². The van der Waals surface area contributed by atoms with E-state index < -0.39 is 16.8 Å². The lowest BCUT2D eigenvalue weighted by Gasteiger charge is -2.27. The first-order valence-electron chi connectivity index (χ1n) is 4.93. The van der Waals surface area contributed by atoms with E-state index in [1.807, 2.05) is 20.8 Å². The highest BCUT2D eigenvalue weighted by Gasteiger charge is 2.28. The zero-order valence-corrected chi connectivity index (χ0v) is 9.53. The highest BCUT2D eigenvalue weighted by atomic mass is 19.1. The topological polar surface area (TPSA) is 69.2 Å². The molecule has 0 saturated carbocycles. The quantitative estimate of drug-likeness (QED) is 0.622. The molecular weight excluding hydrogens is 211 g/mol. The normalized spacial score (nSPS) is 13.6. The minimum atomic E-state index is -0.580. The maximum Gasteiger partial charge on any atom is 0.274 e. The number of nitrogens with two attached hydrogens (primary N) is 1. The third-order valence-corrected chi connectivity index (χ3v) is 2.45. The van der Waals surface area contributed by atoms with E-state index in [1.54, 1.807) is 0 Å². The Morgan fingerprint density at radius 1 is 1.44 bits per heavy atom. The molecule has 4 nitrogen and oxygen atoms in total. The summed E-state index contributed by atoms with van der Waals surface area (Å²) < 4.78 is 13.1. The van der Waals surface area contributed by atoms with Crippen molar-refractivity contribution in [2.75, 3.05) is 0 Å². The first kappa shape index (κ1) is 12.6. The van der Waals surface area contributed by atoms with Gasteiger partial charge in [-0.3, -0.25) is 10.1 Å². The zero-order chi connectivity index (χ0) is 12.5. The van der Waals surface area contributed by atoms with Gasteiger partial charge in [-0.2, -0.15) is 0 Å². The molecule has 0 saturated heterocycles. The smallest absolute Gasteiger partial charge is 0.274 e. The molecule has 0 radical (unpaired) electrons. The van der Waals surface area contributed by atoms with Gasteiger partial charge in [-0.15, -0.1) is 0 Å². The van der Waals surface area contributed by atoms with Crippen LogP contribution in [0.1, 0.15) is 32.4 Å². The van der Waals surface area contributed by atoms with Crippen LogP contribution in [-0.4, -0.2) is 4.92 Å². The van der Waals surface area contributed by atoms with Gasteiger partial charge >= 0.3 is 0 Å². The lowest BCUT2D eigenvalue weighted by atomic mass is 9.82. The zero-order valence-electron chi connectivity index (χ0n) is 9.53. The average molecular weight is 226 g/mol. The van der Waals surface area contributed by atoms with Gasteiger partial charge in [0, 0.05) is 17.7 Å². The molecule has 0 bridgehead atoms. The molecule has 0 aliphatic heterocycles. The van der Waals surface area contributed by atoms with E-state index in [4.69, 9.17) is 5.73 Å². The minimum Gasteiger partial charge on any atom is -0.323 e. The van der Waals surface area contributed by atoms with Crippen LogP contribution in [0, 0.1) is 21.3 Å². The van der Waals surface area contributed by atoms with Crippen molar-refractivity contribution in [3.8, 4) is 0 Å². The van der Waals surface area contributed by atoms with Crippen molar-refractivity contribution in [1.82, 2.24) is 0 Å². The van der Waals surface area contributed by atoms with Crippen LogP contribution in [0.2, 0.25) is 0 Å². The number of hydrogen-bond donors (Lipinski definition) is 1. The van der Waals surface area contributed by atoms with E-state index in [0.29, 0.717) is 0 Å². The van der Waals surface area contributed by atoms with Gasteiger partial charge in [-0.1, -0.05) is 20.8 Å². The highest BCUT2D eigenvalue weighted by molar-refractivity contribution is 5.43. The summed E-state index contributed by atoms with van der Waals surface area (Å²) in [6.45, 7) is 5.56. The van der Waals surface area contributed by atoms with Gasteiger partial charge in [-0.25, -0.2) is 4.39 Å². The second-order valence-corrected chi connectivity index (χ2v) is 4.80. The van der Waals surface area contributed by atoms with Crippen LogP contribution < -0.4 is 5.73 Å². The number of rotatable bonds is 2. The highest BCUT2D eigenvalue weighted by Crippen LogP contribution is 2.35. The summed E-state index contributed by atoms with van der Waals surface area (Å²) in [4.78, 5) is 10.3. The fourth-order valence-corrected chi connectivity index (χ4v) is 1.41. The van der Waals surface area contributed by atoms with Crippen LogP contribution in [0.3, 0.4) is 0 Å². The molecule has 1 atom stereocenters. The molecule has 0 amide bonds. The second kappa shape index (κ2) is 4.17. The first-order valence-corrected chi connectivity index (χ1v) is 4.93. The SMILES string of the molecule is CC(C)(C)[C@H](N)c1cc(F)ccc1[N+](=O)[O-]. The van der Waals surface area contributed by atoms with E-state index in [9.17, 15) is 14.5 Å². The summed E-state index contributed by atoms with van der Waals surface area (Å²) >= 11 is 0. The van der Waals surface area contributed by atoms with Crippen molar-refractivity contribution in [3.63, 3.8) is 0 Å². The minimum absolute atomic E-state index is 0.135. The third-order valence-electron chi connectivity index (χ3n) is 2.45. The van der Waals surface area contributed by atoms with Crippen LogP contribution in [0.15, 0.2) is 18.2 Å². The van der Waals surface area contributed by atoms with Gasteiger partial charge in [0.15, 0.2) is 0 Å². The predicted molar refractivity (Wildman–Crippen MR) is 59.4 cm³/mol. The van der Waals surface area contributed by atoms with Crippen molar-refractivity contribution >= 4 is 5.69 Å². The summed E-state index contributed by atoms with van der Waals surface area (Å²) in [6.07, 6.45) is 0. The summed E-state index contributed by atoms with van der Waals surface area (Å²) in [6, 6.07) is 2.77. The van der Waals surface area contributed by atoms with E-state index >= 15 is 0 Å². The van der Waals surface area contributed by atoms with Crippen molar-refractivity contribution in [3.05, 3.63) is 39.7 Å². The Morgan fingerprint density at radius 2 is 2.00 bits per heavy atom. The number of nitrogens with zero attached hydrogens (tertiary/aromatic N) is 1. The molecule has 0 aliphatic rings. The monoisotopic (exact) mass is 226 g/mol. The lowest BCUT2D eigenvalue weighted by molar-refractivity contribution is -0.385. The van der Waals surface area contributed by atoms with Gasteiger partial charge in [0.1, 0.15) is 5.82 Å². The Labute approximate surface area is 93.4 Å². The molecule has 0 aliphatic carbocycles. The van der Waals surface area contributed by atoms with E-state index in [-0.39, 0.29) is 16.7 Å². The number of benzene rings is 1. The molecule has 1 aromatic carbocycles. The Hall–Kier alpha value is -1.49. The standard InChI is InChI=1S/C11H15FN2O2/c1-11(2,3)10(13)8-6-7(12)4-5-9(8)14(15)16/h4-6,10H,13H2,1-3H3/t10-/m1/s1. The van der Waals surface area contributed by atoms with Crippen LogP contribution in [0.4, 0.5) is 10.1 Å². The molecule has 88 valence electrons. The Balaban J connectivity index is 3.30. The second-order valence-electron chi connectivity index (χ2n) is 4.80. The summed E-state index contributed by atoms with van der Waals surface area (Å²) in [5.74, 6) is -0.514. The number of nitro groups is 1. The molecule has 0 spiro atoms. The van der Waals surface area contributed by atoms with Crippen molar-refractivity contribution in [2.24, 2.45) is 11.1 Å². The number of nitro benzene ring substituents is 1. The Morgan fingerprint density at radius 3 is 2.44 bits per heavy atom. The van der Waals surface area contributed by atoms with Gasteiger partial charge < -0.3 is 5.73 Å². The van der Waals surface area contributed by atoms with Gasteiger partial charge in [0.25, 0.3) is 5.69 Å². The van der Waals surface area contributed by atoms with Crippen LogP contribution in [0.5, 0.6) is 0 Å². The Bertz CT molecular complexity index is 413. The molecule has 16 heavy (non-hydrogen) atoms. The van der Waals surface area contributed by atoms with Gasteiger partial charge in [0.05, 0.1) is 4.92 Å². The molecule has 1 aromatic rings. The molecular formula is C11H15FN2O2. The van der Waals surface area contributed by atoms with Gasteiger partial charge in [-0.05, 0) is 17.5 Å². The maximum absolute atomic E-state index is 13.1. The molecule has 0 fully saturated rings. The summed E-state index contributed by atoms with van der Waals surface area (Å²) in [5.41, 5.74) is 5.64. The molecule has 0 heterocycles. The van der Waals surface area contributed by atoms with E-state index in [1.165, 1.54) is 0 Å². The first-order chi connectivity index (χ1) is 7.23. The molecule has 0 aromatic heterocycles. The van der Waals surface area contributed by atoms with Gasteiger partial charge in [0.2, 0.25) is 0 Å². The predicted octanol–water partition coefficient (Wildman–Crippen LogP) is 2.78. The number of hydrogen-bond acceptors (Lipinski definition) is 3. The molecule has 5 heteroatoms. The fraction of sp³-hybridized carbons (Fsp3) is 0.455. The van der Waals surface area contributed by atoms with Crippen LogP contribution in [-0.2, 0) is 0 Å².